The van der Waals surface area contributed by atoms with Gasteiger partial charge in [-0.3, -0.25) is 4.98 Å². The van der Waals surface area contributed by atoms with Crippen molar-refractivity contribution in [1.82, 2.24) is 10.3 Å². The molecule has 0 saturated heterocycles. The van der Waals surface area contributed by atoms with Gasteiger partial charge in [0.25, 0.3) is 0 Å². The first-order valence-corrected chi connectivity index (χ1v) is 5.72. The van der Waals surface area contributed by atoms with Gasteiger partial charge < -0.3 is 10.1 Å². The van der Waals surface area contributed by atoms with Crippen LogP contribution in [0.15, 0.2) is 24.4 Å². The Hall–Kier alpha value is -0.930. The molecule has 1 aromatic rings. The van der Waals surface area contributed by atoms with Crippen LogP contribution in [0.2, 0.25) is 0 Å². The number of nitrogens with zero attached hydrogens (tertiary/aromatic N) is 1. The second-order valence-electron chi connectivity index (χ2n) is 4.60. The minimum atomic E-state index is -0.0656. The highest BCUT2D eigenvalue weighted by Crippen LogP contribution is 2.22. The summed E-state index contributed by atoms with van der Waals surface area (Å²) in [5, 5.41) is 3.30. The summed E-state index contributed by atoms with van der Waals surface area (Å²) in [7, 11) is 3.73. The molecule has 0 aliphatic rings. The molecule has 0 amide bonds. The quantitative estimate of drug-likeness (QED) is 0.803. The van der Waals surface area contributed by atoms with Crippen LogP contribution in [-0.2, 0) is 4.74 Å². The SMILES string of the molecule is CNC(CCC(C)(C)OC)c1ccccn1. The van der Waals surface area contributed by atoms with E-state index in [0.717, 1.165) is 18.5 Å². The van der Waals surface area contributed by atoms with Crippen LogP contribution in [-0.4, -0.2) is 24.7 Å². The molecular formula is C13H22N2O. The largest absolute Gasteiger partial charge is 0.379 e. The first kappa shape index (κ1) is 13.1. The first-order chi connectivity index (χ1) is 7.59. The van der Waals surface area contributed by atoms with Crippen LogP contribution in [0.1, 0.15) is 38.4 Å². The van der Waals surface area contributed by atoms with Gasteiger partial charge in [-0.2, -0.15) is 0 Å². The molecule has 0 bridgehead atoms. The van der Waals surface area contributed by atoms with Crippen molar-refractivity contribution >= 4 is 0 Å². The number of hydrogen-bond donors (Lipinski definition) is 1. The van der Waals surface area contributed by atoms with Crippen molar-refractivity contribution in [2.45, 2.75) is 38.3 Å². The van der Waals surface area contributed by atoms with E-state index in [4.69, 9.17) is 4.74 Å². The highest BCUT2D eigenvalue weighted by atomic mass is 16.5. The van der Waals surface area contributed by atoms with Gasteiger partial charge in [-0.25, -0.2) is 0 Å². The molecule has 0 aromatic carbocycles. The van der Waals surface area contributed by atoms with Gasteiger partial charge in [-0.1, -0.05) is 6.07 Å². The predicted molar refractivity (Wildman–Crippen MR) is 66.4 cm³/mol. The number of rotatable bonds is 6. The van der Waals surface area contributed by atoms with Crippen molar-refractivity contribution in [1.29, 1.82) is 0 Å². The van der Waals surface area contributed by atoms with Crippen LogP contribution < -0.4 is 5.32 Å². The molecule has 0 fully saturated rings. The summed E-state index contributed by atoms with van der Waals surface area (Å²) in [4.78, 5) is 4.37. The molecule has 1 atom stereocenters. The number of hydrogen-bond acceptors (Lipinski definition) is 3. The number of pyridine rings is 1. The van der Waals surface area contributed by atoms with E-state index in [1.807, 2.05) is 25.4 Å². The minimum Gasteiger partial charge on any atom is -0.379 e. The maximum absolute atomic E-state index is 5.42. The third-order valence-corrected chi connectivity index (χ3v) is 2.98. The third-order valence-electron chi connectivity index (χ3n) is 2.98. The topological polar surface area (TPSA) is 34.1 Å². The van der Waals surface area contributed by atoms with Gasteiger partial charge in [-0.15, -0.1) is 0 Å². The van der Waals surface area contributed by atoms with Crippen LogP contribution in [0.25, 0.3) is 0 Å². The Morgan fingerprint density at radius 1 is 1.44 bits per heavy atom. The van der Waals surface area contributed by atoms with Gasteiger partial charge in [0.15, 0.2) is 0 Å². The summed E-state index contributed by atoms with van der Waals surface area (Å²) < 4.78 is 5.42. The Balaban J connectivity index is 2.57. The van der Waals surface area contributed by atoms with E-state index in [1.54, 1.807) is 7.11 Å². The van der Waals surface area contributed by atoms with Crippen LogP contribution in [0.4, 0.5) is 0 Å². The van der Waals surface area contributed by atoms with Gasteiger partial charge in [0, 0.05) is 19.3 Å². The van der Waals surface area contributed by atoms with E-state index in [1.165, 1.54) is 0 Å². The van der Waals surface area contributed by atoms with Crippen molar-refractivity contribution in [3.8, 4) is 0 Å². The lowest BCUT2D eigenvalue weighted by atomic mass is 9.97. The van der Waals surface area contributed by atoms with E-state index in [2.05, 4.69) is 30.2 Å². The molecule has 1 aromatic heterocycles. The van der Waals surface area contributed by atoms with E-state index in [0.29, 0.717) is 6.04 Å². The molecular weight excluding hydrogens is 200 g/mol. The molecule has 1 heterocycles. The molecule has 0 radical (unpaired) electrons. The zero-order valence-corrected chi connectivity index (χ0v) is 10.7. The molecule has 0 saturated carbocycles. The Morgan fingerprint density at radius 2 is 2.19 bits per heavy atom. The highest BCUT2D eigenvalue weighted by Gasteiger charge is 2.19. The molecule has 3 nitrogen and oxygen atoms in total. The standard InChI is InChI=1S/C13H22N2O/c1-13(2,16-4)9-8-11(14-3)12-7-5-6-10-15-12/h5-7,10-11,14H,8-9H2,1-4H3. The molecule has 3 heteroatoms. The average molecular weight is 222 g/mol. The van der Waals surface area contributed by atoms with E-state index in [9.17, 15) is 0 Å². The Kier molecular flexibility index (Phi) is 4.90. The second kappa shape index (κ2) is 5.97. The van der Waals surface area contributed by atoms with E-state index < -0.39 is 0 Å². The summed E-state index contributed by atoms with van der Waals surface area (Å²) in [6.45, 7) is 4.22. The monoisotopic (exact) mass is 222 g/mol. The number of methoxy groups -OCH3 is 1. The van der Waals surface area contributed by atoms with Gasteiger partial charge in [0.05, 0.1) is 11.3 Å². The molecule has 1 unspecified atom stereocenters. The van der Waals surface area contributed by atoms with Crippen molar-refractivity contribution in [3.63, 3.8) is 0 Å². The van der Waals surface area contributed by atoms with Crippen LogP contribution in [0.3, 0.4) is 0 Å². The molecule has 1 rings (SSSR count). The molecule has 0 aliphatic carbocycles. The first-order valence-electron chi connectivity index (χ1n) is 5.72. The number of aromatic nitrogens is 1. The maximum atomic E-state index is 5.42. The molecule has 1 N–H and O–H groups in total. The van der Waals surface area contributed by atoms with Crippen molar-refractivity contribution < 1.29 is 4.74 Å². The van der Waals surface area contributed by atoms with Crippen LogP contribution in [0.5, 0.6) is 0 Å². The zero-order chi connectivity index (χ0) is 12.0. The summed E-state index contributed by atoms with van der Waals surface area (Å²) >= 11 is 0. The highest BCUT2D eigenvalue weighted by molar-refractivity contribution is 5.08. The zero-order valence-electron chi connectivity index (χ0n) is 10.7. The molecule has 90 valence electrons. The van der Waals surface area contributed by atoms with Crippen molar-refractivity contribution in [3.05, 3.63) is 30.1 Å². The van der Waals surface area contributed by atoms with Gasteiger partial charge >= 0.3 is 0 Å². The summed E-state index contributed by atoms with van der Waals surface area (Å²) in [5.74, 6) is 0. The van der Waals surface area contributed by atoms with Crippen molar-refractivity contribution in [2.75, 3.05) is 14.2 Å². The van der Waals surface area contributed by atoms with Crippen LogP contribution >= 0.6 is 0 Å². The summed E-state index contributed by atoms with van der Waals surface area (Å²) in [5.41, 5.74) is 1.03. The third kappa shape index (κ3) is 3.91. The predicted octanol–water partition coefficient (Wildman–Crippen LogP) is 2.55. The average Bonchev–Trinajstić information content (AvgIpc) is 2.31. The fourth-order valence-electron chi connectivity index (χ4n) is 1.62. The second-order valence-corrected chi connectivity index (χ2v) is 4.60. The Morgan fingerprint density at radius 3 is 2.69 bits per heavy atom. The molecule has 0 aliphatic heterocycles. The number of ether oxygens (including phenoxy) is 1. The van der Waals surface area contributed by atoms with E-state index in [-0.39, 0.29) is 5.60 Å². The Labute approximate surface area is 98.2 Å². The van der Waals surface area contributed by atoms with Gasteiger partial charge in [0.2, 0.25) is 0 Å². The number of nitrogens with one attached hydrogen (secondary N) is 1. The molecule has 0 spiro atoms. The Bertz CT molecular complexity index is 298. The lowest BCUT2D eigenvalue weighted by molar-refractivity contribution is 0.0117. The lowest BCUT2D eigenvalue weighted by Gasteiger charge is -2.25. The maximum Gasteiger partial charge on any atom is 0.0623 e. The minimum absolute atomic E-state index is 0.0656. The summed E-state index contributed by atoms with van der Waals surface area (Å²) in [6, 6.07) is 6.32. The summed E-state index contributed by atoms with van der Waals surface area (Å²) in [6.07, 6.45) is 3.86. The van der Waals surface area contributed by atoms with Crippen molar-refractivity contribution in [2.24, 2.45) is 0 Å². The smallest absolute Gasteiger partial charge is 0.0623 e. The van der Waals surface area contributed by atoms with Gasteiger partial charge in [0.1, 0.15) is 0 Å². The van der Waals surface area contributed by atoms with Crippen LogP contribution in [0, 0.1) is 0 Å². The lowest BCUT2D eigenvalue weighted by Crippen LogP contribution is -2.26. The fourth-order valence-corrected chi connectivity index (χ4v) is 1.62. The normalized spacial score (nSPS) is 13.8. The fraction of sp³-hybridized carbons (Fsp3) is 0.615. The van der Waals surface area contributed by atoms with Gasteiger partial charge in [-0.05, 0) is 45.9 Å². The molecule has 16 heavy (non-hydrogen) atoms. The van der Waals surface area contributed by atoms with E-state index >= 15 is 0 Å².